The summed E-state index contributed by atoms with van der Waals surface area (Å²) >= 11 is 0. The van der Waals surface area contributed by atoms with Crippen LogP contribution in [0.25, 0.3) is 5.70 Å². The number of nitrogens with one attached hydrogen (secondary N) is 2. The van der Waals surface area contributed by atoms with E-state index >= 15 is 0 Å². The first kappa shape index (κ1) is 30.1. The van der Waals surface area contributed by atoms with E-state index in [4.69, 9.17) is 4.74 Å². The molecule has 1 saturated carbocycles. The molecule has 5 nitrogen and oxygen atoms in total. The van der Waals surface area contributed by atoms with E-state index in [2.05, 4.69) is 22.1 Å². The molecule has 38 heavy (non-hydrogen) atoms. The first-order valence-electron chi connectivity index (χ1n) is 12.9. The summed E-state index contributed by atoms with van der Waals surface area (Å²) < 4.78 is 84.5. The van der Waals surface area contributed by atoms with Crippen LogP contribution in [0, 0.1) is 5.92 Å². The molecular weight excluding hydrogens is 512 g/mol. The Hall–Kier alpha value is -2.43. The molecular formula is C27H37F6N3O2. The molecule has 0 radical (unpaired) electrons. The van der Waals surface area contributed by atoms with Crippen molar-refractivity contribution in [3.8, 4) is 0 Å². The largest absolute Gasteiger partial charge is 0.444 e. The zero-order valence-corrected chi connectivity index (χ0v) is 22.1. The third-order valence-corrected chi connectivity index (χ3v) is 7.10. The Morgan fingerprint density at radius 1 is 1.00 bits per heavy atom. The zero-order chi connectivity index (χ0) is 28.4. The summed E-state index contributed by atoms with van der Waals surface area (Å²) in [4.78, 5) is 14.7. The standard InChI is InChI=1S/C27H37F6N3O2/c1-18(20-13-21(26(28,29)30)15-22(14-20)27(31,32)33)34-16-19-7-11-36(12-8-19)17-25(9-5-6-10-25)35-23(37)38-24(2,3)4/h13-15,19,34H,1,5-12,16-17H2,2-4H3,(H,35,37). The Bertz CT molecular complexity index is 954. The number of hydrogen-bond donors (Lipinski definition) is 2. The smallest absolute Gasteiger partial charge is 0.416 e. The van der Waals surface area contributed by atoms with Gasteiger partial charge in [-0.2, -0.15) is 26.3 Å². The minimum absolute atomic E-state index is 0.0236. The fourth-order valence-electron chi connectivity index (χ4n) is 5.17. The van der Waals surface area contributed by atoms with Gasteiger partial charge in [0, 0.05) is 18.8 Å². The van der Waals surface area contributed by atoms with Gasteiger partial charge in [-0.25, -0.2) is 4.79 Å². The van der Waals surface area contributed by atoms with Crippen LogP contribution in [0.2, 0.25) is 0 Å². The third-order valence-electron chi connectivity index (χ3n) is 7.10. The number of amides is 1. The molecule has 1 amide bonds. The van der Waals surface area contributed by atoms with Crippen LogP contribution in [0.4, 0.5) is 31.1 Å². The maximum Gasteiger partial charge on any atom is 0.416 e. The number of carbonyl (C=O) groups excluding carboxylic acids is 1. The number of nitrogens with zero attached hydrogens (tertiary/aromatic N) is 1. The van der Waals surface area contributed by atoms with Gasteiger partial charge in [0.2, 0.25) is 0 Å². The molecule has 0 aromatic heterocycles. The van der Waals surface area contributed by atoms with Crippen LogP contribution in [0.5, 0.6) is 0 Å². The van der Waals surface area contributed by atoms with E-state index in [1.165, 1.54) is 0 Å². The number of rotatable bonds is 7. The number of likely N-dealkylation sites (tertiary alicyclic amines) is 1. The Morgan fingerprint density at radius 2 is 1.53 bits per heavy atom. The van der Waals surface area contributed by atoms with Crippen LogP contribution in [0.15, 0.2) is 24.8 Å². The molecule has 0 bridgehead atoms. The monoisotopic (exact) mass is 549 g/mol. The van der Waals surface area contributed by atoms with Crippen molar-refractivity contribution >= 4 is 11.8 Å². The summed E-state index contributed by atoms with van der Waals surface area (Å²) in [7, 11) is 0. The van der Waals surface area contributed by atoms with Gasteiger partial charge in [0.25, 0.3) is 0 Å². The van der Waals surface area contributed by atoms with Crippen molar-refractivity contribution in [1.82, 2.24) is 15.5 Å². The predicted octanol–water partition coefficient (Wildman–Crippen LogP) is 6.83. The Kier molecular flexibility index (Phi) is 9.00. The van der Waals surface area contributed by atoms with E-state index in [1.807, 2.05) is 20.8 Å². The van der Waals surface area contributed by atoms with Crippen molar-refractivity contribution in [1.29, 1.82) is 0 Å². The minimum Gasteiger partial charge on any atom is -0.444 e. The van der Waals surface area contributed by atoms with Crippen LogP contribution in [-0.2, 0) is 17.1 Å². The highest BCUT2D eigenvalue weighted by molar-refractivity contribution is 5.69. The molecule has 2 N–H and O–H groups in total. The van der Waals surface area contributed by atoms with Gasteiger partial charge in [0.05, 0.1) is 16.7 Å². The molecule has 0 atom stereocenters. The molecule has 1 aliphatic carbocycles. The third kappa shape index (κ3) is 8.54. The Labute approximate surface area is 220 Å². The van der Waals surface area contributed by atoms with Crippen molar-refractivity contribution in [3.05, 3.63) is 41.5 Å². The lowest BCUT2D eigenvalue weighted by Gasteiger charge is -2.40. The van der Waals surface area contributed by atoms with E-state index in [9.17, 15) is 31.1 Å². The van der Waals surface area contributed by atoms with Gasteiger partial charge < -0.3 is 20.3 Å². The summed E-state index contributed by atoms with van der Waals surface area (Å²) in [5.41, 5.74) is -3.85. The van der Waals surface area contributed by atoms with E-state index in [0.717, 1.165) is 51.6 Å². The fraction of sp³-hybridized carbons (Fsp3) is 0.667. The molecule has 1 aliphatic heterocycles. The second-order valence-corrected chi connectivity index (χ2v) is 11.5. The van der Waals surface area contributed by atoms with Gasteiger partial charge in [0.1, 0.15) is 5.60 Å². The second kappa shape index (κ2) is 11.4. The van der Waals surface area contributed by atoms with Gasteiger partial charge in [-0.1, -0.05) is 19.4 Å². The van der Waals surface area contributed by atoms with Crippen molar-refractivity contribution in [2.75, 3.05) is 26.2 Å². The highest BCUT2D eigenvalue weighted by Crippen LogP contribution is 2.37. The summed E-state index contributed by atoms with van der Waals surface area (Å²) in [6, 6.07) is 1.49. The highest BCUT2D eigenvalue weighted by Gasteiger charge is 2.39. The van der Waals surface area contributed by atoms with Crippen LogP contribution in [0.3, 0.4) is 0 Å². The van der Waals surface area contributed by atoms with Crippen LogP contribution < -0.4 is 10.6 Å². The Morgan fingerprint density at radius 3 is 2.00 bits per heavy atom. The number of carbonyl (C=O) groups is 1. The number of halogens is 6. The first-order valence-corrected chi connectivity index (χ1v) is 12.9. The van der Waals surface area contributed by atoms with Crippen LogP contribution in [-0.4, -0.2) is 48.3 Å². The van der Waals surface area contributed by atoms with Gasteiger partial charge >= 0.3 is 18.4 Å². The highest BCUT2D eigenvalue weighted by atomic mass is 19.4. The van der Waals surface area contributed by atoms with Crippen molar-refractivity contribution in [3.63, 3.8) is 0 Å². The SMILES string of the molecule is C=C(NCC1CCN(CC2(NC(=O)OC(C)(C)C)CCCC2)CC1)c1cc(C(F)(F)F)cc(C(F)(F)F)c1. The first-order chi connectivity index (χ1) is 17.5. The van der Waals surface area contributed by atoms with E-state index in [-0.39, 0.29) is 28.8 Å². The normalized spacial score (nSPS) is 19.3. The molecule has 1 aromatic carbocycles. The lowest BCUT2D eigenvalue weighted by Crippen LogP contribution is -2.56. The minimum atomic E-state index is -4.90. The molecule has 3 rings (SSSR count). The van der Waals surface area contributed by atoms with E-state index in [1.54, 1.807) is 0 Å². The van der Waals surface area contributed by atoms with Crippen molar-refractivity contribution < 1.29 is 35.9 Å². The van der Waals surface area contributed by atoms with Gasteiger partial charge in [-0.05, 0) is 89.2 Å². The molecule has 2 aliphatic rings. The molecule has 1 aromatic rings. The second-order valence-electron chi connectivity index (χ2n) is 11.5. The molecule has 0 spiro atoms. The predicted molar refractivity (Wildman–Crippen MR) is 133 cm³/mol. The topological polar surface area (TPSA) is 53.6 Å². The lowest BCUT2D eigenvalue weighted by molar-refractivity contribution is -0.143. The number of hydrogen-bond acceptors (Lipinski definition) is 4. The Balaban J connectivity index is 1.54. The van der Waals surface area contributed by atoms with Gasteiger partial charge in [-0.15, -0.1) is 0 Å². The molecule has 1 saturated heterocycles. The number of ether oxygens (including phenoxy) is 1. The number of alkyl carbamates (subject to hydrolysis) is 1. The van der Waals surface area contributed by atoms with Crippen molar-refractivity contribution in [2.24, 2.45) is 5.92 Å². The maximum absolute atomic E-state index is 13.2. The van der Waals surface area contributed by atoms with E-state index in [0.29, 0.717) is 25.2 Å². The number of benzene rings is 1. The average molecular weight is 550 g/mol. The maximum atomic E-state index is 13.2. The molecule has 1 heterocycles. The van der Waals surface area contributed by atoms with Crippen LogP contribution >= 0.6 is 0 Å². The lowest BCUT2D eigenvalue weighted by atomic mass is 9.92. The molecule has 214 valence electrons. The number of piperidine rings is 1. The average Bonchev–Trinajstić information content (AvgIpc) is 3.23. The fourth-order valence-corrected chi connectivity index (χ4v) is 5.17. The van der Waals surface area contributed by atoms with Crippen LogP contribution in [0.1, 0.15) is 76.0 Å². The summed E-state index contributed by atoms with van der Waals surface area (Å²) in [6.45, 7) is 11.8. The molecule has 2 fully saturated rings. The van der Waals surface area contributed by atoms with Gasteiger partial charge in [-0.3, -0.25) is 0 Å². The molecule has 0 unspecified atom stereocenters. The quantitative estimate of drug-likeness (QED) is 0.366. The van der Waals surface area contributed by atoms with Gasteiger partial charge in [0.15, 0.2) is 0 Å². The number of alkyl halides is 6. The summed E-state index contributed by atoms with van der Waals surface area (Å²) in [6.07, 6.45) is -4.79. The summed E-state index contributed by atoms with van der Waals surface area (Å²) in [5, 5.41) is 6.06. The zero-order valence-electron chi connectivity index (χ0n) is 22.1. The van der Waals surface area contributed by atoms with E-state index < -0.39 is 35.2 Å². The van der Waals surface area contributed by atoms with Crippen molar-refractivity contribution in [2.45, 2.75) is 82.8 Å². The summed E-state index contributed by atoms with van der Waals surface area (Å²) in [5.74, 6) is 0.189. The molecule has 11 heteroatoms.